The van der Waals surface area contributed by atoms with E-state index in [1.165, 1.54) is 10.9 Å². The van der Waals surface area contributed by atoms with E-state index in [-0.39, 0.29) is 24.2 Å². The Morgan fingerprint density at radius 3 is 2.20 bits per heavy atom. The third-order valence-corrected chi connectivity index (χ3v) is 7.84. The average molecular weight is 576 g/mol. The van der Waals surface area contributed by atoms with E-state index >= 15 is 0 Å². The predicted molar refractivity (Wildman–Crippen MR) is 146 cm³/mol. The second-order valence-corrected chi connectivity index (χ2v) is 10.4. The topological polar surface area (TPSA) is 40.3 Å². The Hall–Kier alpha value is -3.50. The highest BCUT2D eigenvalue weighted by Crippen LogP contribution is 2.38. The quantitative estimate of drug-likeness (QED) is 0.210. The summed E-state index contributed by atoms with van der Waals surface area (Å²) in [5, 5.41) is 4.35. The van der Waals surface area contributed by atoms with Gasteiger partial charge in [0.15, 0.2) is 0 Å². The number of benzene rings is 3. The normalized spacial score (nSPS) is 16.3. The van der Waals surface area contributed by atoms with Crippen LogP contribution in [0.4, 0.5) is 26.3 Å². The summed E-state index contributed by atoms with van der Waals surface area (Å²) < 4.78 is 85.7. The molecule has 41 heavy (non-hydrogen) atoms. The first-order chi connectivity index (χ1) is 19.5. The van der Waals surface area contributed by atoms with E-state index in [9.17, 15) is 26.3 Å². The van der Waals surface area contributed by atoms with Gasteiger partial charge in [-0.2, -0.15) is 26.3 Å². The summed E-state index contributed by atoms with van der Waals surface area (Å²) in [6, 6.07) is 17.3. The van der Waals surface area contributed by atoms with Gasteiger partial charge in [-0.25, -0.2) is 0 Å². The molecule has 2 N–H and O–H groups in total. The number of rotatable bonds is 8. The Balaban J connectivity index is 1.34. The van der Waals surface area contributed by atoms with Gasteiger partial charge in [0.2, 0.25) is 0 Å². The highest BCUT2D eigenvalue weighted by Gasteiger charge is 2.37. The maximum atomic E-state index is 13.3. The van der Waals surface area contributed by atoms with E-state index in [0.717, 1.165) is 49.1 Å². The first-order valence-electron chi connectivity index (χ1n) is 13.5. The molecule has 0 bridgehead atoms. The van der Waals surface area contributed by atoms with Crippen LogP contribution in [0, 0.1) is 0 Å². The molecule has 1 unspecified atom stereocenters. The summed E-state index contributed by atoms with van der Waals surface area (Å²) in [5.74, 6) is 1.05. The van der Waals surface area contributed by atoms with Crippen LogP contribution in [-0.4, -0.2) is 36.6 Å². The lowest BCUT2D eigenvalue weighted by molar-refractivity contribution is -0.143. The number of aromatic nitrogens is 1. The fraction of sp³-hybridized carbons (Fsp3) is 0.355. The SMILES string of the molecule is COc1ccccc1C(CNCc1cc(C(F)(F)F)cc(C(F)(F)F)c1)N1CCC(c2c[nH]c3ccccc23)CC1. The number of hydrogen-bond acceptors (Lipinski definition) is 3. The van der Waals surface area contributed by atoms with Gasteiger partial charge in [-0.05, 0) is 73.3 Å². The maximum absolute atomic E-state index is 13.3. The Morgan fingerprint density at radius 2 is 1.54 bits per heavy atom. The van der Waals surface area contributed by atoms with Crippen LogP contribution in [0.3, 0.4) is 0 Å². The average Bonchev–Trinajstić information content (AvgIpc) is 3.39. The molecule has 0 saturated carbocycles. The third-order valence-electron chi connectivity index (χ3n) is 7.84. The van der Waals surface area contributed by atoms with Crippen molar-refractivity contribution in [2.75, 3.05) is 26.7 Å². The smallest absolute Gasteiger partial charge is 0.416 e. The molecule has 1 saturated heterocycles. The zero-order chi connectivity index (χ0) is 29.2. The van der Waals surface area contributed by atoms with E-state index in [0.29, 0.717) is 18.2 Å². The minimum atomic E-state index is -4.88. The molecule has 1 aliphatic heterocycles. The number of para-hydroxylation sites is 2. The number of aromatic amines is 1. The molecule has 0 aliphatic carbocycles. The molecule has 3 aromatic carbocycles. The molecule has 1 atom stereocenters. The van der Waals surface area contributed by atoms with Crippen molar-refractivity contribution in [3.8, 4) is 5.75 Å². The highest BCUT2D eigenvalue weighted by atomic mass is 19.4. The lowest BCUT2D eigenvalue weighted by Gasteiger charge is -2.38. The van der Waals surface area contributed by atoms with Crippen molar-refractivity contribution in [1.82, 2.24) is 15.2 Å². The summed E-state index contributed by atoms with van der Waals surface area (Å²) in [5.41, 5.74) is 0.591. The van der Waals surface area contributed by atoms with Crippen molar-refractivity contribution in [2.24, 2.45) is 0 Å². The molecule has 218 valence electrons. The van der Waals surface area contributed by atoms with Crippen LogP contribution in [0.25, 0.3) is 10.9 Å². The van der Waals surface area contributed by atoms with Gasteiger partial charge in [0, 0.05) is 35.8 Å². The summed E-state index contributed by atoms with van der Waals surface area (Å²) in [7, 11) is 1.58. The van der Waals surface area contributed by atoms with Gasteiger partial charge in [0.25, 0.3) is 0 Å². The number of nitrogens with one attached hydrogen (secondary N) is 2. The van der Waals surface area contributed by atoms with Crippen molar-refractivity contribution < 1.29 is 31.1 Å². The number of piperidine rings is 1. The largest absolute Gasteiger partial charge is 0.496 e. The standard InChI is InChI=1S/C31H31F6N3O/c1-41-29-9-5-3-7-25(29)28(19-38-17-20-14-22(30(32,33)34)16-23(15-20)31(35,36)37)40-12-10-21(11-13-40)26-18-39-27-8-4-2-6-24(26)27/h2-9,14-16,18,21,28,38-39H,10-13,17,19H2,1H3. The molecule has 0 amide bonds. The minimum Gasteiger partial charge on any atom is -0.496 e. The molecule has 5 rings (SSSR count). The van der Waals surface area contributed by atoms with Gasteiger partial charge in [-0.15, -0.1) is 0 Å². The van der Waals surface area contributed by atoms with Crippen LogP contribution in [0.2, 0.25) is 0 Å². The number of fused-ring (bicyclic) bond motifs is 1. The van der Waals surface area contributed by atoms with Crippen molar-refractivity contribution >= 4 is 10.9 Å². The molecule has 1 aromatic heterocycles. The lowest BCUT2D eigenvalue weighted by Crippen LogP contribution is -2.40. The summed E-state index contributed by atoms with van der Waals surface area (Å²) in [6.07, 6.45) is -5.86. The van der Waals surface area contributed by atoms with Gasteiger partial charge in [0.1, 0.15) is 5.75 Å². The van der Waals surface area contributed by atoms with E-state index in [4.69, 9.17) is 4.74 Å². The van der Waals surface area contributed by atoms with Crippen LogP contribution >= 0.6 is 0 Å². The van der Waals surface area contributed by atoms with E-state index in [1.807, 2.05) is 36.4 Å². The number of H-pyrrole nitrogens is 1. The van der Waals surface area contributed by atoms with Crippen LogP contribution in [0.5, 0.6) is 5.75 Å². The van der Waals surface area contributed by atoms with Gasteiger partial charge >= 0.3 is 12.4 Å². The monoisotopic (exact) mass is 575 g/mol. The first kappa shape index (κ1) is 29.0. The molecule has 0 spiro atoms. The zero-order valence-electron chi connectivity index (χ0n) is 22.4. The van der Waals surface area contributed by atoms with Gasteiger partial charge in [-0.3, -0.25) is 4.90 Å². The van der Waals surface area contributed by atoms with Crippen molar-refractivity contribution in [3.05, 3.63) is 101 Å². The number of methoxy groups -OCH3 is 1. The van der Waals surface area contributed by atoms with E-state index < -0.39 is 23.5 Å². The molecule has 10 heteroatoms. The minimum absolute atomic E-state index is 0.0797. The second kappa shape index (κ2) is 11.8. The molecule has 0 radical (unpaired) electrons. The Bertz CT molecular complexity index is 1440. The number of nitrogens with zero attached hydrogens (tertiary/aromatic N) is 1. The molecular weight excluding hydrogens is 544 g/mol. The summed E-state index contributed by atoms with van der Waals surface area (Å²) in [6.45, 7) is 1.72. The Morgan fingerprint density at radius 1 is 0.902 bits per heavy atom. The maximum Gasteiger partial charge on any atom is 0.416 e. The van der Waals surface area contributed by atoms with Crippen LogP contribution in [-0.2, 0) is 18.9 Å². The Kier molecular flexibility index (Phi) is 8.33. The van der Waals surface area contributed by atoms with E-state index in [2.05, 4.69) is 33.5 Å². The van der Waals surface area contributed by atoms with Gasteiger partial charge in [-0.1, -0.05) is 36.4 Å². The summed E-state index contributed by atoms with van der Waals surface area (Å²) >= 11 is 0. The lowest BCUT2D eigenvalue weighted by atomic mass is 9.88. The van der Waals surface area contributed by atoms with Crippen LogP contribution < -0.4 is 10.1 Å². The molecule has 1 fully saturated rings. The van der Waals surface area contributed by atoms with Crippen molar-refractivity contribution in [1.29, 1.82) is 0 Å². The number of likely N-dealkylation sites (tertiary alicyclic amines) is 1. The van der Waals surface area contributed by atoms with Crippen LogP contribution in [0.15, 0.2) is 72.9 Å². The predicted octanol–water partition coefficient (Wildman–Crippen LogP) is 7.92. The molecule has 1 aliphatic rings. The van der Waals surface area contributed by atoms with Crippen molar-refractivity contribution in [2.45, 2.75) is 43.7 Å². The van der Waals surface area contributed by atoms with Crippen molar-refractivity contribution in [3.63, 3.8) is 0 Å². The molecule has 4 nitrogen and oxygen atoms in total. The number of halogens is 6. The second-order valence-electron chi connectivity index (χ2n) is 10.4. The van der Waals surface area contributed by atoms with E-state index in [1.54, 1.807) is 7.11 Å². The third kappa shape index (κ3) is 6.54. The number of hydrogen-bond donors (Lipinski definition) is 2. The van der Waals surface area contributed by atoms with Gasteiger partial charge < -0.3 is 15.0 Å². The molecule has 4 aromatic rings. The van der Waals surface area contributed by atoms with Gasteiger partial charge in [0.05, 0.1) is 24.3 Å². The number of ether oxygens (including phenoxy) is 1. The molecular formula is C31H31F6N3O. The fourth-order valence-corrected chi connectivity index (χ4v) is 5.81. The molecule has 2 heterocycles. The zero-order valence-corrected chi connectivity index (χ0v) is 22.4. The number of alkyl halides is 6. The highest BCUT2D eigenvalue weighted by molar-refractivity contribution is 5.83. The fourth-order valence-electron chi connectivity index (χ4n) is 5.81. The Labute approximate surface area is 234 Å². The summed E-state index contributed by atoms with van der Waals surface area (Å²) in [4.78, 5) is 5.66. The van der Waals surface area contributed by atoms with Crippen LogP contribution in [0.1, 0.15) is 52.6 Å². The first-order valence-corrected chi connectivity index (χ1v) is 13.5.